The molecule has 0 spiro atoms. The lowest BCUT2D eigenvalue weighted by atomic mass is 10.1. The minimum atomic E-state index is 0.703. The van der Waals surface area contributed by atoms with Crippen LogP contribution >= 0.6 is 0 Å². The van der Waals surface area contributed by atoms with Crippen LogP contribution in [0.2, 0.25) is 0 Å². The zero-order valence-corrected chi connectivity index (χ0v) is 12.5. The topological polar surface area (TPSA) is 42.7 Å². The summed E-state index contributed by atoms with van der Waals surface area (Å²) < 4.78 is 2.00. The fourth-order valence-electron chi connectivity index (χ4n) is 2.69. The zero-order valence-electron chi connectivity index (χ0n) is 12.5. The van der Waals surface area contributed by atoms with E-state index in [1.807, 2.05) is 16.9 Å². The second-order valence-corrected chi connectivity index (χ2v) is 5.56. The molecule has 1 aliphatic carbocycles. The maximum absolute atomic E-state index is 4.68. The molecule has 0 saturated heterocycles. The summed E-state index contributed by atoms with van der Waals surface area (Å²) in [6, 6.07) is 4.84. The van der Waals surface area contributed by atoms with Crippen molar-refractivity contribution in [2.24, 2.45) is 0 Å². The molecule has 0 aliphatic heterocycles. The van der Waals surface area contributed by atoms with Gasteiger partial charge in [0.1, 0.15) is 0 Å². The van der Waals surface area contributed by atoms with Gasteiger partial charge in [-0.25, -0.2) is 9.67 Å². The Morgan fingerprint density at radius 2 is 2.15 bits per heavy atom. The van der Waals surface area contributed by atoms with E-state index in [4.69, 9.17) is 0 Å². The van der Waals surface area contributed by atoms with Gasteiger partial charge in [-0.2, -0.15) is 5.10 Å². The van der Waals surface area contributed by atoms with Crippen molar-refractivity contribution in [2.45, 2.75) is 52.6 Å². The van der Waals surface area contributed by atoms with Crippen LogP contribution in [0.5, 0.6) is 0 Å². The molecule has 0 aromatic carbocycles. The van der Waals surface area contributed by atoms with Gasteiger partial charge in [-0.15, -0.1) is 0 Å². The third-order valence-corrected chi connectivity index (χ3v) is 4.02. The van der Waals surface area contributed by atoms with Crippen LogP contribution in [0.4, 0.5) is 0 Å². The smallest absolute Gasteiger partial charge is 0.158 e. The monoisotopic (exact) mass is 270 g/mol. The average Bonchev–Trinajstić information content (AvgIpc) is 3.23. The predicted molar refractivity (Wildman–Crippen MR) is 80.1 cm³/mol. The third-order valence-electron chi connectivity index (χ3n) is 4.02. The minimum absolute atomic E-state index is 0.703. The zero-order chi connectivity index (χ0) is 14.1. The second kappa shape index (κ2) is 5.37. The Balaban J connectivity index is 1.96. The van der Waals surface area contributed by atoms with E-state index in [1.54, 1.807) is 0 Å². The van der Waals surface area contributed by atoms with E-state index >= 15 is 0 Å². The van der Waals surface area contributed by atoms with Crippen LogP contribution in [-0.2, 0) is 13.0 Å². The first-order chi connectivity index (χ1) is 9.70. The molecule has 0 atom stereocenters. The van der Waals surface area contributed by atoms with Crippen molar-refractivity contribution < 1.29 is 0 Å². The lowest BCUT2D eigenvalue weighted by Gasteiger charge is -2.10. The normalized spacial score (nSPS) is 14.8. The molecule has 2 aromatic heterocycles. The van der Waals surface area contributed by atoms with Gasteiger partial charge in [-0.3, -0.25) is 0 Å². The standard InChI is InChI=1S/C16H22N4/c1-4-15-11(2)19-20(12(15)3)16-13(6-5-9-17-16)10-18-14-7-8-14/h5-6,9,14,18H,4,7-8,10H2,1-3H3. The number of nitrogens with zero attached hydrogens (tertiary/aromatic N) is 3. The Bertz CT molecular complexity index is 611. The van der Waals surface area contributed by atoms with Crippen molar-refractivity contribution in [1.82, 2.24) is 20.1 Å². The summed E-state index contributed by atoms with van der Waals surface area (Å²) in [6.45, 7) is 7.25. The maximum Gasteiger partial charge on any atom is 0.158 e. The molecule has 2 heterocycles. The highest BCUT2D eigenvalue weighted by molar-refractivity contribution is 5.38. The van der Waals surface area contributed by atoms with E-state index < -0.39 is 0 Å². The fourth-order valence-corrected chi connectivity index (χ4v) is 2.69. The molecule has 0 unspecified atom stereocenters. The van der Waals surface area contributed by atoms with Gasteiger partial charge in [-0.05, 0) is 44.7 Å². The molecule has 1 N–H and O–H groups in total. The largest absolute Gasteiger partial charge is 0.310 e. The first-order valence-electron chi connectivity index (χ1n) is 7.43. The number of nitrogens with one attached hydrogen (secondary N) is 1. The van der Waals surface area contributed by atoms with Crippen molar-refractivity contribution in [3.8, 4) is 5.82 Å². The molecule has 106 valence electrons. The van der Waals surface area contributed by atoms with E-state index in [1.165, 1.54) is 29.7 Å². The van der Waals surface area contributed by atoms with Gasteiger partial charge in [-0.1, -0.05) is 13.0 Å². The number of hydrogen-bond acceptors (Lipinski definition) is 3. The lowest BCUT2D eigenvalue weighted by Crippen LogP contribution is -2.18. The number of hydrogen-bond donors (Lipinski definition) is 1. The van der Waals surface area contributed by atoms with Crippen LogP contribution in [0.3, 0.4) is 0 Å². The molecular formula is C16H22N4. The highest BCUT2D eigenvalue weighted by Crippen LogP contribution is 2.22. The van der Waals surface area contributed by atoms with Gasteiger partial charge in [0.2, 0.25) is 0 Å². The summed E-state index contributed by atoms with van der Waals surface area (Å²) in [5, 5.41) is 8.24. The quantitative estimate of drug-likeness (QED) is 0.908. The van der Waals surface area contributed by atoms with Gasteiger partial charge < -0.3 is 5.32 Å². The minimum Gasteiger partial charge on any atom is -0.310 e. The molecule has 3 rings (SSSR count). The average molecular weight is 270 g/mol. The Morgan fingerprint density at radius 1 is 1.35 bits per heavy atom. The summed E-state index contributed by atoms with van der Waals surface area (Å²) in [7, 11) is 0. The first-order valence-corrected chi connectivity index (χ1v) is 7.43. The van der Waals surface area contributed by atoms with Crippen LogP contribution in [0.15, 0.2) is 18.3 Å². The summed E-state index contributed by atoms with van der Waals surface area (Å²) >= 11 is 0. The molecule has 4 nitrogen and oxygen atoms in total. The SMILES string of the molecule is CCc1c(C)nn(-c2ncccc2CNC2CC2)c1C. The molecule has 0 bridgehead atoms. The summed E-state index contributed by atoms with van der Waals surface area (Å²) in [5.74, 6) is 0.959. The predicted octanol–water partition coefficient (Wildman–Crippen LogP) is 2.70. The molecule has 1 aliphatic rings. The molecule has 0 amide bonds. The molecule has 2 aromatic rings. The highest BCUT2D eigenvalue weighted by Gasteiger charge is 2.21. The van der Waals surface area contributed by atoms with Crippen LogP contribution < -0.4 is 5.32 Å². The van der Waals surface area contributed by atoms with Crippen molar-refractivity contribution in [1.29, 1.82) is 0 Å². The van der Waals surface area contributed by atoms with E-state index in [9.17, 15) is 0 Å². The van der Waals surface area contributed by atoms with Gasteiger partial charge >= 0.3 is 0 Å². The maximum atomic E-state index is 4.68. The molecule has 20 heavy (non-hydrogen) atoms. The van der Waals surface area contributed by atoms with E-state index in [-0.39, 0.29) is 0 Å². The Morgan fingerprint density at radius 3 is 2.80 bits per heavy atom. The number of aryl methyl sites for hydroxylation is 1. The van der Waals surface area contributed by atoms with Crippen LogP contribution in [0.25, 0.3) is 5.82 Å². The van der Waals surface area contributed by atoms with Crippen molar-refractivity contribution in [3.05, 3.63) is 40.8 Å². The van der Waals surface area contributed by atoms with Crippen LogP contribution in [-0.4, -0.2) is 20.8 Å². The van der Waals surface area contributed by atoms with E-state index in [0.29, 0.717) is 6.04 Å². The van der Waals surface area contributed by atoms with E-state index in [2.05, 4.69) is 42.2 Å². The number of rotatable bonds is 5. The molecule has 0 radical (unpaired) electrons. The third kappa shape index (κ3) is 2.48. The molecule has 4 heteroatoms. The van der Waals surface area contributed by atoms with Crippen LogP contribution in [0.1, 0.15) is 42.3 Å². The molecular weight excluding hydrogens is 248 g/mol. The Kier molecular flexibility index (Phi) is 3.57. The van der Waals surface area contributed by atoms with Crippen molar-refractivity contribution in [2.75, 3.05) is 0 Å². The van der Waals surface area contributed by atoms with Crippen LogP contribution in [0, 0.1) is 13.8 Å². The van der Waals surface area contributed by atoms with Gasteiger partial charge in [0.25, 0.3) is 0 Å². The number of aromatic nitrogens is 3. The summed E-state index contributed by atoms with van der Waals surface area (Å²) in [4.78, 5) is 4.56. The Hall–Kier alpha value is -1.68. The summed E-state index contributed by atoms with van der Waals surface area (Å²) in [6.07, 6.45) is 5.46. The molecule has 1 saturated carbocycles. The van der Waals surface area contributed by atoms with Crippen molar-refractivity contribution >= 4 is 0 Å². The Labute approximate surface area is 120 Å². The van der Waals surface area contributed by atoms with E-state index in [0.717, 1.165) is 24.5 Å². The first kappa shape index (κ1) is 13.3. The van der Waals surface area contributed by atoms with Gasteiger partial charge in [0.15, 0.2) is 5.82 Å². The van der Waals surface area contributed by atoms with Crippen molar-refractivity contribution in [3.63, 3.8) is 0 Å². The fraction of sp³-hybridized carbons (Fsp3) is 0.500. The lowest BCUT2D eigenvalue weighted by molar-refractivity contribution is 0.674. The van der Waals surface area contributed by atoms with Gasteiger partial charge in [0, 0.05) is 30.0 Å². The number of pyridine rings is 1. The molecule has 1 fully saturated rings. The highest BCUT2D eigenvalue weighted by atomic mass is 15.3. The second-order valence-electron chi connectivity index (χ2n) is 5.56. The summed E-state index contributed by atoms with van der Waals surface area (Å²) in [5.41, 5.74) is 4.86. The van der Waals surface area contributed by atoms with Gasteiger partial charge in [0.05, 0.1) is 5.69 Å².